The maximum Gasteiger partial charge on any atom is 0.237 e. The van der Waals surface area contributed by atoms with E-state index in [9.17, 15) is 4.79 Å². The first-order valence-electron chi connectivity index (χ1n) is 9.79. The van der Waals surface area contributed by atoms with Gasteiger partial charge in [-0.25, -0.2) is 4.98 Å². The Hall–Kier alpha value is -2.34. The number of amides is 1. The zero-order valence-electron chi connectivity index (χ0n) is 17.2. The van der Waals surface area contributed by atoms with Crippen LogP contribution in [-0.4, -0.2) is 28.0 Å². The molecular formula is C23H30Cl2N4O. The summed E-state index contributed by atoms with van der Waals surface area (Å²) in [6.45, 7) is 3.48. The molecule has 0 bridgehead atoms. The van der Waals surface area contributed by atoms with Gasteiger partial charge in [0.15, 0.2) is 0 Å². The van der Waals surface area contributed by atoms with Crippen molar-refractivity contribution in [2.45, 2.75) is 38.8 Å². The van der Waals surface area contributed by atoms with Crippen molar-refractivity contribution < 1.29 is 4.79 Å². The van der Waals surface area contributed by atoms with Crippen LogP contribution in [0.1, 0.15) is 29.3 Å². The molecule has 1 aromatic heterocycles. The number of nitrogens with two attached hydrogens (primary N) is 1. The van der Waals surface area contributed by atoms with E-state index in [1.54, 1.807) is 6.33 Å². The number of aryl methyl sites for hydroxylation is 1. The third-order valence-corrected chi connectivity index (χ3v) is 4.80. The first kappa shape index (κ1) is 25.7. The van der Waals surface area contributed by atoms with Crippen LogP contribution in [0.15, 0.2) is 67.1 Å². The average Bonchev–Trinajstić information content (AvgIpc) is 3.15. The first-order valence-corrected chi connectivity index (χ1v) is 9.79. The summed E-state index contributed by atoms with van der Waals surface area (Å²) < 4.78 is 2.01. The number of carbonyl (C=O) groups excluding carboxylic acids is 1. The minimum atomic E-state index is -0.595. The van der Waals surface area contributed by atoms with Crippen LogP contribution >= 0.6 is 24.8 Å². The number of carbonyl (C=O) groups is 1. The number of nitrogens with zero attached hydrogens (tertiary/aromatic N) is 2. The van der Waals surface area contributed by atoms with Crippen LogP contribution in [0.2, 0.25) is 0 Å². The molecule has 162 valence electrons. The van der Waals surface area contributed by atoms with Crippen LogP contribution in [0, 0.1) is 0 Å². The van der Waals surface area contributed by atoms with Crippen LogP contribution in [0.3, 0.4) is 0 Å². The fraction of sp³-hybridized carbons (Fsp3) is 0.304. The van der Waals surface area contributed by atoms with Crippen molar-refractivity contribution in [2.75, 3.05) is 6.54 Å². The molecule has 7 heteroatoms. The second-order valence-electron chi connectivity index (χ2n) is 7.04. The van der Waals surface area contributed by atoms with E-state index < -0.39 is 6.04 Å². The Labute approximate surface area is 190 Å². The van der Waals surface area contributed by atoms with Gasteiger partial charge < -0.3 is 15.6 Å². The van der Waals surface area contributed by atoms with Crippen LogP contribution < -0.4 is 11.1 Å². The summed E-state index contributed by atoms with van der Waals surface area (Å²) in [6.07, 6.45) is 6.00. The Morgan fingerprint density at radius 1 is 1.03 bits per heavy atom. The Balaban J connectivity index is 0.00000225. The van der Waals surface area contributed by atoms with Crippen molar-refractivity contribution >= 4 is 30.7 Å². The molecule has 30 heavy (non-hydrogen) atoms. The van der Waals surface area contributed by atoms with Gasteiger partial charge in [0.25, 0.3) is 0 Å². The molecule has 0 saturated heterocycles. The van der Waals surface area contributed by atoms with Crippen LogP contribution in [0.25, 0.3) is 0 Å². The molecule has 0 spiro atoms. The molecule has 5 nitrogen and oxygen atoms in total. The monoisotopic (exact) mass is 448 g/mol. The van der Waals surface area contributed by atoms with Crippen LogP contribution in [-0.2, 0) is 30.6 Å². The Morgan fingerprint density at radius 3 is 2.37 bits per heavy atom. The van der Waals surface area contributed by atoms with Gasteiger partial charge in [-0.15, -0.1) is 24.8 Å². The predicted octanol–water partition coefficient (Wildman–Crippen LogP) is 3.57. The van der Waals surface area contributed by atoms with E-state index in [1.807, 2.05) is 29.0 Å². The summed E-state index contributed by atoms with van der Waals surface area (Å²) in [7, 11) is 0. The minimum Gasteiger partial charge on any atom is -0.354 e. The van der Waals surface area contributed by atoms with Crippen molar-refractivity contribution in [3.05, 3.63) is 89.5 Å². The summed E-state index contributed by atoms with van der Waals surface area (Å²) in [6, 6.07) is 18.1. The largest absolute Gasteiger partial charge is 0.354 e. The molecule has 0 aliphatic heterocycles. The molecule has 0 aliphatic rings. The van der Waals surface area contributed by atoms with Gasteiger partial charge in [0.05, 0.1) is 18.1 Å². The minimum absolute atomic E-state index is 0. The highest BCUT2D eigenvalue weighted by Crippen LogP contribution is 2.07. The van der Waals surface area contributed by atoms with E-state index in [1.165, 1.54) is 16.7 Å². The lowest BCUT2D eigenvalue weighted by Crippen LogP contribution is -2.42. The van der Waals surface area contributed by atoms with Gasteiger partial charge in [-0.2, -0.15) is 0 Å². The number of aromatic nitrogens is 2. The van der Waals surface area contributed by atoms with Crippen LogP contribution in [0.5, 0.6) is 0 Å². The van der Waals surface area contributed by atoms with E-state index in [-0.39, 0.29) is 30.7 Å². The molecule has 2 aromatic carbocycles. The molecule has 0 aliphatic carbocycles. The van der Waals surface area contributed by atoms with Gasteiger partial charge in [-0.05, 0) is 29.5 Å². The van der Waals surface area contributed by atoms with Crippen molar-refractivity contribution in [1.29, 1.82) is 0 Å². The van der Waals surface area contributed by atoms with E-state index in [0.717, 1.165) is 25.1 Å². The lowest BCUT2D eigenvalue weighted by Gasteiger charge is -2.11. The van der Waals surface area contributed by atoms with Gasteiger partial charge in [-0.1, -0.05) is 61.5 Å². The molecule has 1 heterocycles. The number of nitrogens with one attached hydrogen (secondary N) is 1. The van der Waals surface area contributed by atoms with Gasteiger partial charge in [0.1, 0.15) is 0 Å². The summed E-state index contributed by atoms with van der Waals surface area (Å²) in [5, 5.41) is 2.93. The van der Waals surface area contributed by atoms with Crippen molar-refractivity contribution in [2.24, 2.45) is 5.73 Å². The van der Waals surface area contributed by atoms with Crippen molar-refractivity contribution in [3.8, 4) is 0 Å². The highest BCUT2D eigenvalue weighted by Gasteiger charge is 2.15. The van der Waals surface area contributed by atoms with Gasteiger partial charge in [0, 0.05) is 25.7 Å². The molecule has 0 radical (unpaired) electrons. The van der Waals surface area contributed by atoms with Crippen LogP contribution in [0.4, 0.5) is 0 Å². The highest BCUT2D eigenvalue weighted by atomic mass is 35.5. The van der Waals surface area contributed by atoms with E-state index in [0.29, 0.717) is 13.0 Å². The zero-order chi connectivity index (χ0) is 19.8. The lowest BCUT2D eigenvalue weighted by atomic mass is 10.1. The topological polar surface area (TPSA) is 72.9 Å². The second-order valence-corrected chi connectivity index (χ2v) is 7.04. The lowest BCUT2D eigenvalue weighted by molar-refractivity contribution is -0.122. The zero-order valence-corrected chi connectivity index (χ0v) is 18.8. The smallest absolute Gasteiger partial charge is 0.237 e. The maximum atomic E-state index is 12.3. The third-order valence-electron chi connectivity index (χ3n) is 4.80. The third kappa shape index (κ3) is 7.82. The molecule has 3 N–H and O–H groups in total. The predicted molar refractivity (Wildman–Crippen MR) is 126 cm³/mol. The SMILES string of the molecule is CCc1ccc(CCNC(=O)[C@@H](N)Cc2cn(Cc3ccccc3)cn2)cc1.Cl.Cl. The normalized spacial score (nSPS) is 11.1. The number of rotatable bonds is 9. The Bertz CT molecular complexity index is 882. The summed E-state index contributed by atoms with van der Waals surface area (Å²) in [4.78, 5) is 16.6. The summed E-state index contributed by atoms with van der Waals surface area (Å²) in [5.41, 5.74) is 10.6. The maximum absolute atomic E-state index is 12.3. The van der Waals surface area contributed by atoms with Gasteiger partial charge in [-0.3, -0.25) is 4.79 Å². The molecule has 0 unspecified atom stereocenters. The number of halogens is 2. The quantitative estimate of drug-likeness (QED) is 0.525. The number of hydrogen-bond donors (Lipinski definition) is 2. The molecular weight excluding hydrogens is 419 g/mol. The number of hydrogen-bond acceptors (Lipinski definition) is 3. The number of imidazole rings is 1. The highest BCUT2D eigenvalue weighted by molar-refractivity contribution is 5.85. The van der Waals surface area contributed by atoms with Crippen molar-refractivity contribution in [3.63, 3.8) is 0 Å². The molecule has 1 atom stereocenters. The van der Waals surface area contributed by atoms with Crippen molar-refractivity contribution in [1.82, 2.24) is 14.9 Å². The molecule has 3 rings (SSSR count). The fourth-order valence-electron chi connectivity index (χ4n) is 3.11. The first-order chi connectivity index (χ1) is 13.6. The standard InChI is InChI=1S/C23H28N4O.2ClH/c1-2-18-8-10-19(11-9-18)12-13-25-23(28)22(24)14-21-16-27(17-26-21)15-20-6-4-3-5-7-20;;/h3-11,16-17,22H,2,12-15,24H2,1H3,(H,25,28);2*1H/t22-;;/m0../s1. The molecule has 1 amide bonds. The average molecular weight is 449 g/mol. The molecule has 0 saturated carbocycles. The fourth-order valence-corrected chi connectivity index (χ4v) is 3.11. The van der Waals surface area contributed by atoms with E-state index in [4.69, 9.17) is 5.73 Å². The van der Waals surface area contributed by atoms with Gasteiger partial charge in [0.2, 0.25) is 5.91 Å². The Morgan fingerprint density at radius 2 is 1.70 bits per heavy atom. The van der Waals surface area contributed by atoms with Gasteiger partial charge >= 0.3 is 0 Å². The molecule has 3 aromatic rings. The van der Waals surface area contributed by atoms with E-state index >= 15 is 0 Å². The van der Waals surface area contributed by atoms with E-state index in [2.05, 4.69) is 53.6 Å². The number of benzene rings is 2. The Kier molecular flexibility index (Phi) is 11.2. The second kappa shape index (κ2) is 13.1. The summed E-state index contributed by atoms with van der Waals surface area (Å²) in [5.74, 6) is -0.136. The summed E-state index contributed by atoms with van der Waals surface area (Å²) >= 11 is 0. The molecule has 0 fully saturated rings.